The van der Waals surface area contributed by atoms with E-state index in [1.54, 1.807) is 24.3 Å². The zero-order valence-electron chi connectivity index (χ0n) is 18.6. The molecule has 0 bridgehead atoms. The van der Waals surface area contributed by atoms with E-state index in [9.17, 15) is 18.3 Å². The number of carbonyl (C=O) groups is 1. The van der Waals surface area contributed by atoms with Gasteiger partial charge in [0.25, 0.3) is 0 Å². The molecular formula is C22H27NO8S. The summed E-state index contributed by atoms with van der Waals surface area (Å²) < 4.78 is 46.5. The normalized spacial score (nSPS) is 11.3. The molecule has 0 aliphatic heterocycles. The van der Waals surface area contributed by atoms with E-state index < -0.39 is 16.0 Å². The molecule has 1 N–H and O–H groups in total. The van der Waals surface area contributed by atoms with Crippen molar-refractivity contribution in [3.8, 4) is 28.7 Å². The van der Waals surface area contributed by atoms with Crippen molar-refractivity contribution in [2.75, 3.05) is 34.1 Å². The van der Waals surface area contributed by atoms with Gasteiger partial charge >= 0.3 is 5.97 Å². The molecule has 0 unspecified atom stereocenters. The van der Waals surface area contributed by atoms with Crippen LogP contribution in [0.3, 0.4) is 0 Å². The minimum atomic E-state index is -3.60. The Balaban J connectivity index is 2.29. The van der Waals surface area contributed by atoms with Crippen molar-refractivity contribution in [1.82, 2.24) is 4.31 Å². The maximum absolute atomic E-state index is 12.3. The number of phenolic OH excluding ortho intramolecular Hbond substituents is 1. The predicted octanol–water partition coefficient (Wildman–Crippen LogP) is 2.82. The number of nitrogens with zero attached hydrogens (tertiary/aromatic N) is 1. The largest absolute Gasteiger partial charge is 0.504 e. The second kappa shape index (κ2) is 10.8. The first-order valence-electron chi connectivity index (χ1n) is 9.54. The fourth-order valence-corrected chi connectivity index (χ4v) is 3.61. The molecule has 174 valence electrons. The van der Waals surface area contributed by atoms with Crippen LogP contribution in [0.15, 0.2) is 36.5 Å². The molecule has 0 heterocycles. The van der Waals surface area contributed by atoms with E-state index in [0.29, 0.717) is 22.6 Å². The van der Waals surface area contributed by atoms with Crippen LogP contribution in [-0.2, 0) is 21.2 Å². The number of sulfonamides is 1. The highest BCUT2D eigenvalue weighted by Crippen LogP contribution is 2.34. The molecule has 32 heavy (non-hydrogen) atoms. The lowest BCUT2D eigenvalue weighted by Gasteiger charge is -2.19. The van der Waals surface area contributed by atoms with Gasteiger partial charge in [-0.15, -0.1) is 0 Å². The van der Waals surface area contributed by atoms with E-state index in [1.807, 2.05) is 0 Å². The van der Waals surface area contributed by atoms with Crippen LogP contribution in [0.1, 0.15) is 18.1 Å². The minimum Gasteiger partial charge on any atom is -0.504 e. The number of benzene rings is 2. The Bertz CT molecular complexity index is 1100. The van der Waals surface area contributed by atoms with Gasteiger partial charge in [-0.2, -0.15) is 0 Å². The summed E-state index contributed by atoms with van der Waals surface area (Å²) in [5.74, 6) is 0.697. The molecule has 0 radical (unpaired) electrons. The molecular weight excluding hydrogens is 438 g/mol. The number of aromatic hydroxyl groups is 1. The van der Waals surface area contributed by atoms with Gasteiger partial charge in [-0.3, -0.25) is 9.10 Å². The summed E-state index contributed by atoms with van der Waals surface area (Å²) in [6, 6.07) is 7.97. The number of hydrogen-bond donors (Lipinski definition) is 1. The zero-order valence-corrected chi connectivity index (χ0v) is 19.4. The smallest absolute Gasteiger partial charge is 0.308 e. The van der Waals surface area contributed by atoms with Gasteiger partial charge in [-0.05, 0) is 36.3 Å². The van der Waals surface area contributed by atoms with Gasteiger partial charge in [-0.1, -0.05) is 6.07 Å². The van der Waals surface area contributed by atoms with Crippen LogP contribution in [0.2, 0.25) is 0 Å². The van der Waals surface area contributed by atoms with E-state index in [2.05, 4.69) is 0 Å². The van der Waals surface area contributed by atoms with Crippen molar-refractivity contribution in [1.29, 1.82) is 0 Å². The first kappa shape index (κ1) is 24.9. The molecule has 0 saturated carbocycles. The van der Waals surface area contributed by atoms with Crippen LogP contribution < -0.4 is 18.9 Å². The number of carbonyl (C=O) groups excluding carboxylic acids is 1. The summed E-state index contributed by atoms with van der Waals surface area (Å²) in [7, 11) is 0.815. The molecule has 0 aliphatic rings. The van der Waals surface area contributed by atoms with Crippen molar-refractivity contribution in [2.24, 2.45) is 0 Å². The topological polar surface area (TPSA) is 112 Å². The van der Waals surface area contributed by atoms with Crippen molar-refractivity contribution in [3.63, 3.8) is 0 Å². The van der Waals surface area contributed by atoms with Crippen LogP contribution in [0, 0.1) is 0 Å². The van der Waals surface area contributed by atoms with Gasteiger partial charge < -0.3 is 24.1 Å². The lowest BCUT2D eigenvalue weighted by Crippen LogP contribution is -2.27. The Kier molecular flexibility index (Phi) is 8.36. The van der Waals surface area contributed by atoms with Crippen LogP contribution in [0.25, 0.3) is 6.08 Å². The minimum absolute atomic E-state index is 0.0443. The number of hydrogen-bond acceptors (Lipinski definition) is 8. The third kappa shape index (κ3) is 6.55. The monoisotopic (exact) mass is 465 g/mol. The number of rotatable bonds is 10. The summed E-state index contributed by atoms with van der Waals surface area (Å²) in [6.07, 6.45) is 4.32. The average Bonchev–Trinajstić information content (AvgIpc) is 2.73. The molecule has 0 atom stereocenters. The predicted molar refractivity (Wildman–Crippen MR) is 120 cm³/mol. The van der Waals surface area contributed by atoms with Crippen LogP contribution in [-0.4, -0.2) is 57.9 Å². The molecule has 9 nitrogen and oxygen atoms in total. The van der Waals surface area contributed by atoms with E-state index in [4.69, 9.17) is 18.9 Å². The number of esters is 1. The molecule has 0 aromatic heterocycles. The first-order valence-corrected chi connectivity index (χ1v) is 11.4. The first-order chi connectivity index (χ1) is 15.1. The summed E-state index contributed by atoms with van der Waals surface area (Å²) in [5.41, 5.74) is 1.16. The van der Waals surface area contributed by atoms with E-state index >= 15 is 0 Å². The fraction of sp³-hybridized carbons (Fsp3) is 0.318. The van der Waals surface area contributed by atoms with Gasteiger partial charge in [0, 0.05) is 31.3 Å². The second-order valence-electron chi connectivity index (χ2n) is 6.78. The van der Waals surface area contributed by atoms with Crippen LogP contribution >= 0.6 is 0 Å². The summed E-state index contributed by atoms with van der Waals surface area (Å²) in [4.78, 5) is 11.4. The Labute approximate surface area is 187 Å². The molecule has 0 spiro atoms. The number of methoxy groups -OCH3 is 3. The van der Waals surface area contributed by atoms with Gasteiger partial charge in [0.2, 0.25) is 10.0 Å². The van der Waals surface area contributed by atoms with Gasteiger partial charge in [0.1, 0.15) is 5.75 Å². The fourth-order valence-electron chi connectivity index (χ4n) is 2.91. The lowest BCUT2D eigenvalue weighted by molar-refractivity contribution is -0.131. The Morgan fingerprint density at radius 2 is 1.66 bits per heavy atom. The molecule has 0 aliphatic carbocycles. The quantitative estimate of drug-likeness (QED) is 0.421. The third-order valence-electron chi connectivity index (χ3n) is 4.48. The Morgan fingerprint density at radius 1 is 1.00 bits per heavy atom. The highest BCUT2D eigenvalue weighted by molar-refractivity contribution is 7.88. The summed E-state index contributed by atoms with van der Waals surface area (Å²) in [6.45, 7) is 1.29. The SMILES string of the molecule is COc1cc(OC(C)=O)c(CCN(/C=C/c2ccc(OC)c(OC)c2)S(C)(=O)=O)cc1O. The standard InChI is InChI=1S/C22H27NO8S/c1-15(24)31-20-14-21(29-3)18(25)13-17(20)9-11-23(32(5,26)27)10-8-16-6-7-19(28-2)22(12-16)30-4/h6-8,10,12-14,25H,9,11H2,1-5H3/b10-8+. The van der Waals surface area contributed by atoms with E-state index in [1.165, 1.54) is 46.6 Å². The van der Waals surface area contributed by atoms with Crippen LogP contribution in [0.4, 0.5) is 0 Å². The maximum Gasteiger partial charge on any atom is 0.308 e. The van der Waals surface area contributed by atoms with Crippen LogP contribution in [0.5, 0.6) is 28.7 Å². The molecule has 10 heteroatoms. The molecule has 2 aromatic carbocycles. The summed E-state index contributed by atoms with van der Waals surface area (Å²) in [5, 5.41) is 10.1. The third-order valence-corrected chi connectivity index (χ3v) is 5.64. The number of phenols is 1. The highest BCUT2D eigenvalue weighted by Gasteiger charge is 2.17. The summed E-state index contributed by atoms with van der Waals surface area (Å²) >= 11 is 0. The van der Waals surface area contributed by atoms with E-state index in [-0.39, 0.29) is 30.2 Å². The van der Waals surface area contributed by atoms with Crippen molar-refractivity contribution in [3.05, 3.63) is 47.7 Å². The lowest BCUT2D eigenvalue weighted by atomic mass is 10.1. The zero-order chi connectivity index (χ0) is 23.9. The molecule has 0 saturated heterocycles. The van der Waals surface area contributed by atoms with Gasteiger partial charge in [-0.25, -0.2) is 8.42 Å². The van der Waals surface area contributed by atoms with Gasteiger partial charge in [0.15, 0.2) is 23.0 Å². The Hall–Kier alpha value is -3.40. The molecule has 2 rings (SSSR count). The van der Waals surface area contributed by atoms with Crippen molar-refractivity contribution < 1.29 is 37.3 Å². The second-order valence-corrected chi connectivity index (χ2v) is 8.71. The van der Waals surface area contributed by atoms with Crippen molar-refractivity contribution in [2.45, 2.75) is 13.3 Å². The van der Waals surface area contributed by atoms with Gasteiger partial charge in [0.05, 0.1) is 27.6 Å². The molecule has 2 aromatic rings. The van der Waals surface area contributed by atoms with E-state index in [0.717, 1.165) is 10.6 Å². The average molecular weight is 466 g/mol. The number of ether oxygens (including phenoxy) is 4. The molecule has 0 amide bonds. The Morgan fingerprint density at radius 3 is 2.22 bits per heavy atom. The van der Waals surface area contributed by atoms with Crippen molar-refractivity contribution >= 4 is 22.1 Å². The highest BCUT2D eigenvalue weighted by atomic mass is 32.2. The molecule has 0 fully saturated rings. The maximum atomic E-state index is 12.3.